The summed E-state index contributed by atoms with van der Waals surface area (Å²) in [6, 6.07) is -0.387. The lowest BCUT2D eigenvalue weighted by atomic mass is 9.87. The number of urea groups is 1. The molecule has 1 aromatic heterocycles. The standard InChI is InChI=1S/C16H24ClN5O2/c1-10(2)8-22-13(17)12(11(3)20-22)9-21-6-4-16(5-7-21)14(23)18-15(24)19-16/h10H,4-9H2,1-3H3,(H2,18,19,23,24). The lowest BCUT2D eigenvalue weighted by Crippen LogP contribution is -2.54. The van der Waals surface area contributed by atoms with Crippen LogP contribution in [-0.2, 0) is 17.9 Å². The maximum atomic E-state index is 12.0. The number of aromatic nitrogens is 2. The number of carbonyl (C=O) groups excluding carboxylic acids is 2. The molecule has 1 aromatic rings. The van der Waals surface area contributed by atoms with Crippen LogP contribution in [0.1, 0.15) is 37.9 Å². The molecule has 7 nitrogen and oxygen atoms in total. The second-order valence-corrected chi connectivity index (χ2v) is 7.56. The van der Waals surface area contributed by atoms with Gasteiger partial charge in [0.1, 0.15) is 10.7 Å². The molecule has 3 heterocycles. The van der Waals surface area contributed by atoms with Crippen molar-refractivity contribution in [2.45, 2.75) is 52.2 Å². The SMILES string of the molecule is Cc1nn(CC(C)C)c(Cl)c1CN1CCC2(CC1)NC(=O)NC2=O. The first kappa shape index (κ1) is 17.2. The van der Waals surface area contributed by atoms with E-state index in [2.05, 4.69) is 34.5 Å². The summed E-state index contributed by atoms with van der Waals surface area (Å²) in [6.07, 6.45) is 1.22. The minimum Gasteiger partial charge on any atom is -0.323 e. The lowest BCUT2D eigenvalue weighted by Gasteiger charge is -2.36. The monoisotopic (exact) mass is 353 g/mol. The topological polar surface area (TPSA) is 79.3 Å². The van der Waals surface area contributed by atoms with E-state index >= 15 is 0 Å². The average molecular weight is 354 g/mol. The molecule has 1 spiro atoms. The highest BCUT2D eigenvalue weighted by Gasteiger charge is 2.47. The lowest BCUT2D eigenvalue weighted by molar-refractivity contribution is -0.125. The van der Waals surface area contributed by atoms with Crippen LogP contribution >= 0.6 is 11.6 Å². The van der Waals surface area contributed by atoms with Gasteiger partial charge in [-0.25, -0.2) is 4.79 Å². The molecule has 0 aliphatic carbocycles. The fourth-order valence-electron chi connectivity index (χ4n) is 3.43. The van der Waals surface area contributed by atoms with E-state index < -0.39 is 5.54 Å². The first-order chi connectivity index (χ1) is 11.3. The van der Waals surface area contributed by atoms with Gasteiger partial charge in [-0.3, -0.25) is 19.7 Å². The molecule has 0 aromatic carbocycles. The minimum atomic E-state index is -0.728. The molecule has 2 aliphatic rings. The number of hydrogen-bond acceptors (Lipinski definition) is 4. The molecule has 2 fully saturated rings. The fraction of sp³-hybridized carbons (Fsp3) is 0.688. The first-order valence-corrected chi connectivity index (χ1v) is 8.76. The van der Waals surface area contributed by atoms with Crippen molar-refractivity contribution in [3.8, 4) is 0 Å². The normalized spacial score (nSPS) is 20.7. The van der Waals surface area contributed by atoms with Gasteiger partial charge in [-0.2, -0.15) is 5.10 Å². The number of halogens is 1. The summed E-state index contributed by atoms with van der Waals surface area (Å²) < 4.78 is 1.87. The highest BCUT2D eigenvalue weighted by atomic mass is 35.5. The van der Waals surface area contributed by atoms with Gasteiger partial charge in [0.05, 0.1) is 5.69 Å². The summed E-state index contributed by atoms with van der Waals surface area (Å²) >= 11 is 6.51. The van der Waals surface area contributed by atoms with Crippen LogP contribution in [0.2, 0.25) is 5.15 Å². The van der Waals surface area contributed by atoms with Gasteiger partial charge in [0.25, 0.3) is 5.91 Å². The number of amides is 3. The van der Waals surface area contributed by atoms with Crippen molar-refractivity contribution in [1.82, 2.24) is 25.3 Å². The van der Waals surface area contributed by atoms with Crippen LogP contribution < -0.4 is 10.6 Å². The van der Waals surface area contributed by atoms with Gasteiger partial charge < -0.3 is 5.32 Å². The largest absolute Gasteiger partial charge is 0.323 e. The molecule has 2 saturated heterocycles. The molecule has 3 rings (SSSR count). The Hall–Kier alpha value is -1.60. The number of nitrogens with zero attached hydrogens (tertiary/aromatic N) is 3. The molecular weight excluding hydrogens is 330 g/mol. The zero-order valence-electron chi connectivity index (χ0n) is 14.4. The van der Waals surface area contributed by atoms with E-state index in [0.29, 0.717) is 30.5 Å². The first-order valence-electron chi connectivity index (χ1n) is 8.38. The van der Waals surface area contributed by atoms with Crippen LogP contribution in [-0.4, -0.2) is 45.2 Å². The zero-order chi connectivity index (χ0) is 17.5. The van der Waals surface area contributed by atoms with Crippen molar-refractivity contribution in [3.63, 3.8) is 0 Å². The average Bonchev–Trinajstić information content (AvgIpc) is 2.91. The number of hydrogen-bond donors (Lipinski definition) is 2. The van der Waals surface area contributed by atoms with Crippen LogP contribution in [0.3, 0.4) is 0 Å². The highest BCUT2D eigenvalue weighted by molar-refractivity contribution is 6.30. The minimum absolute atomic E-state index is 0.203. The van der Waals surface area contributed by atoms with E-state index in [1.165, 1.54) is 0 Å². The maximum absolute atomic E-state index is 12.0. The summed E-state index contributed by atoms with van der Waals surface area (Å²) in [6.45, 7) is 9.24. The quantitative estimate of drug-likeness (QED) is 0.807. The second kappa shape index (κ2) is 6.37. The van der Waals surface area contributed by atoms with Crippen LogP contribution in [0, 0.1) is 12.8 Å². The van der Waals surface area contributed by atoms with Gasteiger partial charge in [0, 0.05) is 31.7 Å². The highest BCUT2D eigenvalue weighted by Crippen LogP contribution is 2.28. The van der Waals surface area contributed by atoms with Crippen molar-refractivity contribution in [3.05, 3.63) is 16.4 Å². The van der Waals surface area contributed by atoms with Gasteiger partial charge in [-0.1, -0.05) is 25.4 Å². The predicted octanol–water partition coefficient (Wildman–Crippen LogP) is 1.67. The summed E-state index contributed by atoms with van der Waals surface area (Å²) in [7, 11) is 0. The van der Waals surface area contributed by atoms with Gasteiger partial charge in [0.2, 0.25) is 0 Å². The van der Waals surface area contributed by atoms with Crippen molar-refractivity contribution >= 4 is 23.5 Å². The number of nitrogens with one attached hydrogen (secondary N) is 2. The molecule has 8 heteroatoms. The summed E-state index contributed by atoms with van der Waals surface area (Å²) in [5.41, 5.74) is 1.27. The zero-order valence-corrected chi connectivity index (χ0v) is 15.1. The maximum Gasteiger partial charge on any atom is 0.322 e. The third-order valence-electron chi connectivity index (χ3n) is 4.83. The van der Waals surface area contributed by atoms with E-state index in [-0.39, 0.29) is 11.9 Å². The van der Waals surface area contributed by atoms with Gasteiger partial charge in [0.15, 0.2) is 0 Å². The Kier molecular flexibility index (Phi) is 4.57. The molecule has 3 amide bonds. The number of piperidine rings is 1. The van der Waals surface area contributed by atoms with Crippen molar-refractivity contribution in [1.29, 1.82) is 0 Å². The Morgan fingerprint density at radius 1 is 1.29 bits per heavy atom. The van der Waals surface area contributed by atoms with E-state index in [9.17, 15) is 9.59 Å². The number of likely N-dealkylation sites (tertiary alicyclic amines) is 1. The number of imide groups is 1. The Bertz CT molecular complexity index is 662. The Morgan fingerprint density at radius 3 is 2.50 bits per heavy atom. The summed E-state index contributed by atoms with van der Waals surface area (Å²) in [4.78, 5) is 25.7. The fourth-order valence-corrected chi connectivity index (χ4v) is 3.74. The number of aryl methyl sites for hydroxylation is 1. The molecule has 2 aliphatic heterocycles. The molecule has 132 valence electrons. The van der Waals surface area contributed by atoms with E-state index in [4.69, 9.17) is 11.6 Å². The Morgan fingerprint density at radius 2 is 1.96 bits per heavy atom. The van der Waals surface area contributed by atoms with E-state index in [1.54, 1.807) is 0 Å². The third kappa shape index (κ3) is 3.15. The molecule has 0 saturated carbocycles. The van der Waals surface area contributed by atoms with Crippen molar-refractivity contribution in [2.75, 3.05) is 13.1 Å². The van der Waals surface area contributed by atoms with Crippen molar-refractivity contribution in [2.24, 2.45) is 5.92 Å². The van der Waals surface area contributed by atoms with Crippen molar-refractivity contribution < 1.29 is 9.59 Å². The van der Waals surface area contributed by atoms with Gasteiger partial charge in [-0.05, 0) is 25.7 Å². The van der Waals surface area contributed by atoms with Gasteiger partial charge >= 0.3 is 6.03 Å². The van der Waals surface area contributed by atoms with Crippen LogP contribution in [0.4, 0.5) is 4.79 Å². The van der Waals surface area contributed by atoms with E-state index in [1.807, 2.05) is 11.6 Å². The van der Waals surface area contributed by atoms with E-state index in [0.717, 1.165) is 30.9 Å². The predicted molar refractivity (Wildman–Crippen MR) is 90.7 cm³/mol. The second-order valence-electron chi connectivity index (χ2n) is 7.20. The molecule has 2 N–H and O–H groups in total. The summed E-state index contributed by atoms with van der Waals surface area (Å²) in [5, 5.41) is 10.4. The van der Waals surface area contributed by atoms with Crippen LogP contribution in [0.5, 0.6) is 0 Å². The van der Waals surface area contributed by atoms with Gasteiger partial charge in [-0.15, -0.1) is 0 Å². The molecule has 0 bridgehead atoms. The molecular formula is C16H24ClN5O2. The number of rotatable bonds is 4. The summed E-state index contributed by atoms with van der Waals surface area (Å²) in [5.74, 6) is 0.278. The number of carbonyl (C=O) groups is 2. The third-order valence-corrected chi connectivity index (χ3v) is 5.25. The molecule has 24 heavy (non-hydrogen) atoms. The molecule has 0 radical (unpaired) electrons. The van der Waals surface area contributed by atoms with Crippen LogP contribution in [0.25, 0.3) is 0 Å². The molecule has 0 atom stereocenters. The Labute approximate surface area is 146 Å². The van der Waals surface area contributed by atoms with Crippen LogP contribution in [0.15, 0.2) is 0 Å². The molecule has 0 unspecified atom stereocenters. The smallest absolute Gasteiger partial charge is 0.322 e. The Balaban J connectivity index is 1.66.